The summed E-state index contributed by atoms with van der Waals surface area (Å²) in [6, 6.07) is 13.6. The van der Waals surface area contributed by atoms with E-state index in [0.29, 0.717) is 18.0 Å². The number of thiazole rings is 1. The SMILES string of the molecule is COc1ccc(SCCCC(=O)N(CC2CCCO2)c2nc3ccc(Cl)cc3s2)cc1. The Morgan fingerprint density at radius 3 is 2.90 bits per heavy atom. The van der Waals surface area contributed by atoms with Gasteiger partial charge in [0.15, 0.2) is 5.13 Å². The van der Waals surface area contributed by atoms with Gasteiger partial charge in [0, 0.05) is 22.9 Å². The highest BCUT2D eigenvalue weighted by atomic mass is 35.5. The Bertz CT molecular complexity index is 1020. The topological polar surface area (TPSA) is 51.7 Å². The molecule has 164 valence electrons. The molecule has 0 radical (unpaired) electrons. The van der Waals surface area contributed by atoms with Gasteiger partial charge in [-0.25, -0.2) is 4.98 Å². The lowest BCUT2D eigenvalue weighted by Gasteiger charge is -2.23. The Hall–Kier alpha value is -1.80. The number of carbonyl (C=O) groups is 1. The van der Waals surface area contributed by atoms with Gasteiger partial charge in [0.2, 0.25) is 5.91 Å². The maximum absolute atomic E-state index is 13.2. The molecule has 4 rings (SSSR count). The molecule has 1 atom stereocenters. The molecule has 1 aliphatic heterocycles. The third kappa shape index (κ3) is 5.92. The second-order valence-corrected chi connectivity index (χ2v) is 9.99. The predicted octanol–water partition coefficient (Wildman–Crippen LogP) is 6.04. The van der Waals surface area contributed by atoms with Crippen LogP contribution in [-0.2, 0) is 9.53 Å². The molecule has 1 unspecified atom stereocenters. The Balaban J connectivity index is 1.39. The van der Waals surface area contributed by atoms with Crippen molar-refractivity contribution in [2.45, 2.75) is 36.7 Å². The lowest BCUT2D eigenvalue weighted by molar-refractivity contribution is -0.119. The molecule has 1 amide bonds. The second kappa shape index (κ2) is 10.7. The number of anilines is 1. The largest absolute Gasteiger partial charge is 0.497 e. The van der Waals surface area contributed by atoms with E-state index >= 15 is 0 Å². The van der Waals surface area contributed by atoms with Crippen molar-refractivity contribution in [1.82, 2.24) is 4.98 Å². The fourth-order valence-electron chi connectivity index (χ4n) is 3.50. The fraction of sp³-hybridized carbons (Fsp3) is 0.391. The molecule has 0 spiro atoms. The first-order valence-corrected chi connectivity index (χ1v) is 12.6. The number of benzene rings is 2. The lowest BCUT2D eigenvalue weighted by atomic mass is 10.2. The highest BCUT2D eigenvalue weighted by Crippen LogP contribution is 2.32. The van der Waals surface area contributed by atoms with Crippen molar-refractivity contribution in [3.05, 3.63) is 47.5 Å². The Kier molecular flexibility index (Phi) is 7.72. The molecule has 0 N–H and O–H groups in total. The van der Waals surface area contributed by atoms with Gasteiger partial charge in [-0.3, -0.25) is 9.69 Å². The van der Waals surface area contributed by atoms with Gasteiger partial charge in [-0.1, -0.05) is 22.9 Å². The zero-order valence-electron chi connectivity index (χ0n) is 17.4. The van der Waals surface area contributed by atoms with Crippen LogP contribution in [0.2, 0.25) is 5.02 Å². The van der Waals surface area contributed by atoms with Crippen molar-refractivity contribution in [1.29, 1.82) is 0 Å². The molecular formula is C23H25ClN2O3S2. The summed E-state index contributed by atoms with van der Waals surface area (Å²) in [5, 5.41) is 1.40. The molecule has 0 saturated carbocycles. The molecule has 1 aliphatic rings. The molecule has 0 bridgehead atoms. The Labute approximate surface area is 195 Å². The minimum atomic E-state index is 0.0771. The van der Waals surface area contributed by atoms with Crippen LogP contribution in [0.1, 0.15) is 25.7 Å². The van der Waals surface area contributed by atoms with Crippen molar-refractivity contribution in [3.63, 3.8) is 0 Å². The number of hydrogen-bond acceptors (Lipinski definition) is 6. The number of thioether (sulfide) groups is 1. The molecule has 31 heavy (non-hydrogen) atoms. The number of ether oxygens (including phenoxy) is 2. The van der Waals surface area contributed by atoms with Gasteiger partial charge >= 0.3 is 0 Å². The first-order valence-electron chi connectivity index (χ1n) is 10.4. The van der Waals surface area contributed by atoms with E-state index in [1.807, 2.05) is 47.4 Å². The van der Waals surface area contributed by atoms with E-state index in [2.05, 4.69) is 0 Å². The van der Waals surface area contributed by atoms with Crippen LogP contribution in [0.15, 0.2) is 47.4 Å². The molecule has 5 nitrogen and oxygen atoms in total. The summed E-state index contributed by atoms with van der Waals surface area (Å²) in [4.78, 5) is 20.8. The van der Waals surface area contributed by atoms with Gasteiger partial charge < -0.3 is 9.47 Å². The molecule has 1 saturated heterocycles. The number of halogens is 1. The maximum atomic E-state index is 13.2. The van der Waals surface area contributed by atoms with Crippen molar-refractivity contribution < 1.29 is 14.3 Å². The number of fused-ring (bicyclic) bond motifs is 1. The smallest absolute Gasteiger partial charge is 0.228 e. The van der Waals surface area contributed by atoms with E-state index in [1.54, 1.807) is 18.9 Å². The van der Waals surface area contributed by atoms with Gasteiger partial charge in [-0.05, 0) is 67.5 Å². The number of rotatable bonds is 9. The highest BCUT2D eigenvalue weighted by Gasteiger charge is 2.26. The van der Waals surface area contributed by atoms with Gasteiger partial charge in [0.05, 0.1) is 30.0 Å². The van der Waals surface area contributed by atoms with E-state index in [9.17, 15) is 4.79 Å². The summed E-state index contributed by atoms with van der Waals surface area (Å²) >= 11 is 9.38. The van der Waals surface area contributed by atoms with E-state index in [0.717, 1.165) is 52.7 Å². The zero-order chi connectivity index (χ0) is 21.6. The van der Waals surface area contributed by atoms with Gasteiger partial charge in [-0.15, -0.1) is 11.8 Å². The predicted molar refractivity (Wildman–Crippen MR) is 129 cm³/mol. The van der Waals surface area contributed by atoms with Crippen LogP contribution < -0.4 is 9.64 Å². The molecular weight excluding hydrogens is 452 g/mol. The molecule has 1 fully saturated rings. The number of nitrogens with zero attached hydrogens (tertiary/aromatic N) is 2. The number of methoxy groups -OCH3 is 1. The van der Waals surface area contributed by atoms with E-state index in [1.165, 1.54) is 16.2 Å². The highest BCUT2D eigenvalue weighted by molar-refractivity contribution is 7.99. The molecule has 1 aromatic heterocycles. The second-order valence-electron chi connectivity index (χ2n) is 7.38. The van der Waals surface area contributed by atoms with E-state index in [-0.39, 0.29) is 12.0 Å². The van der Waals surface area contributed by atoms with Gasteiger partial charge in [-0.2, -0.15) is 0 Å². The van der Waals surface area contributed by atoms with Crippen molar-refractivity contribution in [3.8, 4) is 5.75 Å². The normalized spacial score (nSPS) is 16.0. The van der Waals surface area contributed by atoms with Gasteiger partial charge in [0.1, 0.15) is 5.75 Å². The Morgan fingerprint density at radius 1 is 1.32 bits per heavy atom. The van der Waals surface area contributed by atoms with Crippen LogP contribution in [0.5, 0.6) is 5.75 Å². The van der Waals surface area contributed by atoms with Crippen molar-refractivity contribution in [2.75, 3.05) is 30.9 Å². The van der Waals surface area contributed by atoms with Crippen LogP contribution in [0.25, 0.3) is 10.2 Å². The van der Waals surface area contributed by atoms with Crippen molar-refractivity contribution >= 4 is 56.0 Å². The molecule has 2 aromatic carbocycles. The average Bonchev–Trinajstić information content (AvgIpc) is 3.44. The standard InChI is InChI=1S/C23H25ClN2O3S2/c1-28-17-7-9-19(10-8-17)30-13-3-5-22(27)26(15-18-4-2-12-29-18)23-25-20-11-6-16(24)14-21(20)31-23/h6-11,14,18H,2-5,12-13,15H2,1H3. The maximum Gasteiger partial charge on any atom is 0.228 e. The average molecular weight is 477 g/mol. The van der Waals surface area contributed by atoms with Crippen LogP contribution >= 0.6 is 34.7 Å². The summed E-state index contributed by atoms with van der Waals surface area (Å²) in [6.07, 6.45) is 3.38. The minimum absolute atomic E-state index is 0.0771. The van der Waals surface area contributed by atoms with Crippen LogP contribution in [-0.4, -0.2) is 43.0 Å². The van der Waals surface area contributed by atoms with Crippen LogP contribution in [0, 0.1) is 0 Å². The van der Waals surface area contributed by atoms with Crippen molar-refractivity contribution in [2.24, 2.45) is 0 Å². The molecule has 2 heterocycles. The summed E-state index contributed by atoms with van der Waals surface area (Å²) in [5.41, 5.74) is 0.865. The summed E-state index contributed by atoms with van der Waals surface area (Å²) in [5.74, 6) is 1.82. The summed E-state index contributed by atoms with van der Waals surface area (Å²) in [7, 11) is 1.66. The third-order valence-electron chi connectivity index (χ3n) is 5.14. The Morgan fingerprint density at radius 2 is 2.16 bits per heavy atom. The summed E-state index contributed by atoms with van der Waals surface area (Å²) < 4.78 is 12.0. The third-order valence-corrected chi connectivity index (χ3v) is 7.52. The monoisotopic (exact) mass is 476 g/mol. The minimum Gasteiger partial charge on any atom is -0.497 e. The van der Waals surface area contributed by atoms with Gasteiger partial charge in [0.25, 0.3) is 0 Å². The fourth-order valence-corrected chi connectivity index (χ4v) is 5.62. The number of amides is 1. The first-order chi connectivity index (χ1) is 15.1. The number of hydrogen-bond donors (Lipinski definition) is 0. The van der Waals surface area contributed by atoms with Crippen LogP contribution in [0.3, 0.4) is 0 Å². The first kappa shape index (κ1) is 22.4. The summed E-state index contributed by atoms with van der Waals surface area (Å²) in [6.45, 7) is 1.32. The molecule has 8 heteroatoms. The molecule has 0 aliphatic carbocycles. The van der Waals surface area contributed by atoms with Crippen LogP contribution in [0.4, 0.5) is 5.13 Å². The van der Waals surface area contributed by atoms with E-state index < -0.39 is 0 Å². The van der Waals surface area contributed by atoms with E-state index in [4.69, 9.17) is 26.1 Å². The quantitative estimate of drug-likeness (QED) is 0.278. The lowest BCUT2D eigenvalue weighted by Crippen LogP contribution is -2.37. The molecule has 3 aromatic rings. The number of carbonyl (C=O) groups excluding carboxylic acids is 1. The number of aromatic nitrogens is 1. The zero-order valence-corrected chi connectivity index (χ0v) is 19.8.